The third-order valence-corrected chi connectivity index (χ3v) is 3.53. The average Bonchev–Trinajstić information content (AvgIpc) is 2.45. The minimum atomic E-state index is -1.02. The molecule has 0 aliphatic heterocycles. The van der Waals surface area contributed by atoms with Crippen LogP contribution in [0.25, 0.3) is 0 Å². The zero-order chi connectivity index (χ0) is 15.1. The van der Waals surface area contributed by atoms with E-state index in [1.807, 2.05) is 37.3 Å². The SMILES string of the molecule is CCC(C)C(NC(=O)C(CN)c1ccccc1)C(=O)O. The molecule has 1 amide bonds. The molecule has 5 nitrogen and oxygen atoms in total. The summed E-state index contributed by atoms with van der Waals surface area (Å²) < 4.78 is 0. The van der Waals surface area contributed by atoms with E-state index in [1.165, 1.54) is 0 Å². The summed E-state index contributed by atoms with van der Waals surface area (Å²) >= 11 is 0. The number of hydrogen-bond donors (Lipinski definition) is 3. The predicted octanol–water partition coefficient (Wildman–Crippen LogP) is 1.34. The summed E-state index contributed by atoms with van der Waals surface area (Å²) in [5.74, 6) is -2.02. The Morgan fingerprint density at radius 1 is 1.30 bits per heavy atom. The van der Waals surface area contributed by atoms with E-state index in [0.29, 0.717) is 6.42 Å². The van der Waals surface area contributed by atoms with E-state index in [9.17, 15) is 14.7 Å². The smallest absolute Gasteiger partial charge is 0.326 e. The van der Waals surface area contributed by atoms with Gasteiger partial charge in [-0.3, -0.25) is 4.79 Å². The van der Waals surface area contributed by atoms with E-state index >= 15 is 0 Å². The number of carbonyl (C=O) groups excluding carboxylic acids is 1. The van der Waals surface area contributed by atoms with Crippen molar-refractivity contribution >= 4 is 11.9 Å². The van der Waals surface area contributed by atoms with Crippen molar-refractivity contribution in [2.75, 3.05) is 6.54 Å². The van der Waals surface area contributed by atoms with Crippen LogP contribution in [0, 0.1) is 5.92 Å². The molecule has 1 rings (SSSR count). The van der Waals surface area contributed by atoms with Gasteiger partial charge >= 0.3 is 5.97 Å². The highest BCUT2D eigenvalue weighted by atomic mass is 16.4. The van der Waals surface area contributed by atoms with Crippen LogP contribution in [0.1, 0.15) is 31.7 Å². The molecule has 3 unspecified atom stereocenters. The van der Waals surface area contributed by atoms with Gasteiger partial charge in [0.1, 0.15) is 6.04 Å². The van der Waals surface area contributed by atoms with Gasteiger partial charge < -0.3 is 16.2 Å². The lowest BCUT2D eigenvalue weighted by Gasteiger charge is -2.23. The number of benzene rings is 1. The molecule has 0 saturated heterocycles. The Labute approximate surface area is 119 Å². The first kappa shape index (κ1) is 16.2. The van der Waals surface area contributed by atoms with Gasteiger partial charge in [-0.25, -0.2) is 4.79 Å². The lowest BCUT2D eigenvalue weighted by Crippen LogP contribution is -2.47. The average molecular weight is 278 g/mol. The fraction of sp³-hybridized carbons (Fsp3) is 0.467. The van der Waals surface area contributed by atoms with E-state index in [-0.39, 0.29) is 18.4 Å². The van der Waals surface area contributed by atoms with Crippen molar-refractivity contribution in [2.45, 2.75) is 32.2 Å². The normalized spacial score (nSPS) is 15.2. The van der Waals surface area contributed by atoms with Crippen molar-refractivity contribution in [1.29, 1.82) is 0 Å². The number of amides is 1. The molecule has 0 aliphatic rings. The molecule has 1 aromatic rings. The van der Waals surface area contributed by atoms with Crippen LogP contribution in [0.4, 0.5) is 0 Å². The molecule has 1 aromatic carbocycles. The number of nitrogens with two attached hydrogens (primary N) is 1. The summed E-state index contributed by atoms with van der Waals surface area (Å²) in [7, 11) is 0. The van der Waals surface area contributed by atoms with Crippen LogP contribution in [0.3, 0.4) is 0 Å². The molecule has 0 aromatic heterocycles. The highest BCUT2D eigenvalue weighted by Crippen LogP contribution is 2.16. The molecule has 4 N–H and O–H groups in total. The van der Waals surface area contributed by atoms with Gasteiger partial charge in [0.05, 0.1) is 5.92 Å². The first-order valence-corrected chi connectivity index (χ1v) is 6.79. The Hall–Kier alpha value is -1.88. The highest BCUT2D eigenvalue weighted by molar-refractivity contribution is 5.88. The molecular formula is C15H22N2O3. The van der Waals surface area contributed by atoms with Gasteiger partial charge in [0.15, 0.2) is 0 Å². The second-order valence-corrected chi connectivity index (χ2v) is 4.91. The largest absolute Gasteiger partial charge is 0.480 e. The Morgan fingerprint density at radius 2 is 1.90 bits per heavy atom. The van der Waals surface area contributed by atoms with Crippen LogP contribution in [0.5, 0.6) is 0 Å². The van der Waals surface area contributed by atoms with E-state index < -0.39 is 17.9 Å². The molecule has 20 heavy (non-hydrogen) atoms. The van der Waals surface area contributed by atoms with E-state index in [4.69, 9.17) is 5.73 Å². The number of carbonyl (C=O) groups is 2. The molecule has 0 spiro atoms. The summed E-state index contributed by atoms with van der Waals surface area (Å²) in [5.41, 5.74) is 6.45. The monoisotopic (exact) mass is 278 g/mol. The van der Waals surface area contributed by atoms with Gasteiger partial charge in [-0.1, -0.05) is 50.6 Å². The van der Waals surface area contributed by atoms with Crippen molar-refractivity contribution in [3.8, 4) is 0 Å². The predicted molar refractivity (Wildman–Crippen MR) is 77.3 cm³/mol. The van der Waals surface area contributed by atoms with Crippen molar-refractivity contribution in [2.24, 2.45) is 11.7 Å². The quantitative estimate of drug-likeness (QED) is 0.702. The fourth-order valence-electron chi connectivity index (χ4n) is 2.02. The molecule has 0 bridgehead atoms. The third kappa shape index (κ3) is 4.06. The minimum absolute atomic E-state index is 0.134. The second kappa shape index (κ2) is 7.65. The number of nitrogens with one attached hydrogen (secondary N) is 1. The Kier molecular flexibility index (Phi) is 6.18. The number of rotatable bonds is 7. The number of carboxylic acid groups (broad SMARTS) is 1. The maximum absolute atomic E-state index is 12.3. The molecule has 0 heterocycles. The van der Waals surface area contributed by atoms with Crippen molar-refractivity contribution < 1.29 is 14.7 Å². The molecule has 0 radical (unpaired) electrons. The molecule has 3 atom stereocenters. The molecule has 0 saturated carbocycles. The van der Waals surface area contributed by atoms with Gasteiger partial charge in [0, 0.05) is 6.54 Å². The second-order valence-electron chi connectivity index (χ2n) is 4.91. The number of carboxylic acids is 1. The third-order valence-electron chi connectivity index (χ3n) is 3.53. The maximum atomic E-state index is 12.3. The maximum Gasteiger partial charge on any atom is 0.326 e. The van der Waals surface area contributed by atoms with Crippen LogP contribution in [-0.2, 0) is 9.59 Å². The molecule has 110 valence electrons. The fourth-order valence-corrected chi connectivity index (χ4v) is 2.02. The highest BCUT2D eigenvalue weighted by Gasteiger charge is 2.28. The van der Waals surface area contributed by atoms with Gasteiger partial charge in [0.25, 0.3) is 0 Å². The molecule has 0 aliphatic carbocycles. The number of hydrogen-bond acceptors (Lipinski definition) is 3. The van der Waals surface area contributed by atoms with Crippen LogP contribution in [0.15, 0.2) is 30.3 Å². The lowest BCUT2D eigenvalue weighted by atomic mass is 9.95. The van der Waals surface area contributed by atoms with Crippen LogP contribution in [-0.4, -0.2) is 29.6 Å². The van der Waals surface area contributed by atoms with Crippen LogP contribution >= 0.6 is 0 Å². The van der Waals surface area contributed by atoms with Gasteiger partial charge in [-0.05, 0) is 11.5 Å². The van der Waals surface area contributed by atoms with Gasteiger partial charge in [-0.15, -0.1) is 0 Å². The topological polar surface area (TPSA) is 92.4 Å². The van der Waals surface area contributed by atoms with Crippen molar-refractivity contribution in [3.05, 3.63) is 35.9 Å². The first-order valence-electron chi connectivity index (χ1n) is 6.79. The Balaban J connectivity index is 2.84. The summed E-state index contributed by atoms with van der Waals surface area (Å²) in [6, 6.07) is 8.26. The van der Waals surface area contributed by atoms with E-state index in [1.54, 1.807) is 6.92 Å². The molecular weight excluding hydrogens is 256 g/mol. The van der Waals surface area contributed by atoms with Crippen LogP contribution < -0.4 is 11.1 Å². The summed E-state index contributed by atoms with van der Waals surface area (Å²) in [6.45, 7) is 3.84. The zero-order valence-electron chi connectivity index (χ0n) is 11.9. The Morgan fingerprint density at radius 3 is 2.35 bits per heavy atom. The summed E-state index contributed by atoms with van der Waals surface area (Å²) in [5, 5.41) is 11.8. The standard InChI is InChI=1S/C15H22N2O3/c1-3-10(2)13(15(19)20)17-14(18)12(9-16)11-7-5-4-6-8-11/h4-8,10,12-13H,3,9,16H2,1-2H3,(H,17,18)(H,19,20). The van der Waals surface area contributed by atoms with E-state index in [0.717, 1.165) is 5.56 Å². The number of aliphatic carboxylic acids is 1. The first-order chi connectivity index (χ1) is 9.51. The van der Waals surface area contributed by atoms with Crippen molar-refractivity contribution in [3.63, 3.8) is 0 Å². The summed E-state index contributed by atoms with van der Waals surface area (Å²) in [4.78, 5) is 23.5. The lowest BCUT2D eigenvalue weighted by molar-refractivity contribution is -0.143. The van der Waals surface area contributed by atoms with Crippen LogP contribution in [0.2, 0.25) is 0 Å². The summed E-state index contributed by atoms with van der Waals surface area (Å²) in [6.07, 6.45) is 0.676. The molecule has 5 heteroatoms. The van der Waals surface area contributed by atoms with Gasteiger partial charge in [-0.2, -0.15) is 0 Å². The van der Waals surface area contributed by atoms with E-state index in [2.05, 4.69) is 5.32 Å². The Bertz CT molecular complexity index is 448. The zero-order valence-corrected chi connectivity index (χ0v) is 11.9. The molecule has 0 fully saturated rings. The minimum Gasteiger partial charge on any atom is -0.480 e. The van der Waals surface area contributed by atoms with Gasteiger partial charge in [0.2, 0.25) is 5.91 Å². The van der Waals surface area contributed by atoms with Crippen molar-refractivity contribution in [1.82, 2.24) is 5.32 Å².